The molecule has 0 atom stereocenters. The molecule has 2 aromatic rings. The Hall–Kier alpha value is -2.54. The molecule has 0 unspecified atom stereocenters. The first-order chi connectivity index (χ1) is 11.1. The van der Waals surface area contributed by atoms with Gasteiger partial charge in [0.15, 0.2) is 0 Å². The maximum absolute atomic E-state index is 12.5. The minimum absolute atomic E-state index is 0.194. The second kappa shape index (κ2) is 6.29. The van der Waals surface area contributed by atoms with E-state index in [0.717, 1.165) is 29.8 Å². The van der Waals surface area contributed by atoms with Crippen molar-refractivity contribution in [2.75, 3.05) is 6.61 Å². The molecule has 23 heavy (non-hydrogen) atoms. The molecule has 0 amide bonds. The molecule has 0 saturated heterocycles. The van der Waals surface area contributed by atoms with Crippen LogP contribution in [0.2, 0.25) is 0 Å². The standard InChI is InChI=1S/C19H20N2O2/c1-13(2)12-23-17-5-3-4-14(10-17)18-9-6-15(11-20)19(22)21(18)16-7-8-16/h3-6,9-10,13,16H,7-8,12H2,1-2H3. The summed E-state index contributed by atoms with van der Waals surface area (Å²) >= 11 is 0. The van der Waals surface area contributed by atoms with E-state index in [0.29, 0.717) is 12.5 Å². The summed E-state index contributed by atoms with van der Waals surface area (Å²) in [6.45, 7) is 4.87. The first-order valence-electron chi connectivity index (χ1n) is 7.99. The molecule has 0 bridgehead atoms. The highest BCUT2D eigenvalue weighted by atomic mass is 16.5. The van der Waals surface area contributed by atoms with Gasteiger partial charge in [0.2, 0.25) is 0 Å². The van der Waals surface area contributed by atoms with Crippen molar-refractivity contribution in [3.63, 3.8) is 0 Å². The lowest BCUT2D eigenvalue weighted by Gasteiger charge is -2.14. The largest absolute Gasteiger partial charge is 0.493 e. The van der Waals surface area contributed by atoms with E-state index in [9.17, 15) is 4.79 Å². The van der Waals surface area contributed by atoms with Gasteiger partial charge < -0.3 is 9.30 Å². The predicted molar refractivity (Wildman–Crippen MR) is 89.5 cm³/mol. The van der Waals surface area contributed by atoms with E-state index < -0.39 is 0 Å². The SMILES string of the molecule is CC(C)COc1cccc(-c2ccc(C#N)c(=O)n2C2CC2)c1. The third-order valence-corrected chi connectivity index (χ3v) is 3.86. The van der Waals surface area contributed by atoms with Crippen LogP contribution < -0.4 is 10.3 Å². The minimum Gasteiger partial charge on any atom is -0.493 e. The summed E-state index contributed by atoms with van der Waals surface area (Å²) < 4.78 is 7.54. The lowest BCUT2D eigenvalue weighted by Crippen LogP contribution is -2.23. The molecule has 4 nitrogen and oxygen atoms in total. The van der Waals surface area contributed by atoms with Crippen LogP contribution in [-0.4, -0.2) is 11.2 Å². The molecule has 0 radical (unpaired) electrons. The summed E-state index contributed by atoms with van der Waals surface area (Å²) in [6.07, 6.45) is 1.98. The molecule has 1 aliphatic carbocycles. The predicted octanol–water partition coefficient (Wildman–Crippen LogP) is 3.76. The highest BCUT2D eigenvalue weighted by Gasteiger charge is 2.28. The average Bonchev–Trinajstić information content (AvgIpc) is 3.37. The summed E-state index contributed by atoms with van der Waals surface area (Å²) in [5.74, 6) is 1.26. The van der Waals surface area contributed by atoms with Crippen molar-refractivity contribution in [2.45, 2.75) is 32.7 Å². The fourth-order valence-corrected chi connectivity index (χ4v) is 2.58. The van der Waals surface area contributed by atoms with Gasteiger partial charge in [0.25, 0.3) is 5.56 Å². The zero-order valence-electron chi connectivity index (χ0n) is 13.5. The topological polar surface area (TPSA) is 55.0 Å². The molecule has 1 aromatic carbocycles. The summed E-state index contributed by atoms with van der Waals surface area (Å²) in [5.41, 5.74) is 1.81. The third-order valence-electron chi connectivity index (χ3n) is 3.86. The summed E-state index contributed by atoms with van der Waals surface area (Å²) in [5, 5.41) is 9.09. The Bertz CT molecular complexity index is 811. The van der Waals surface area contributed by atoms with Crippen molar-refractivity contribution >= 4 is 0 Å². The lowest BCUT2D eigenvalue weighted by atomic mass is 10.1. The monoisotopic (exact) mass is 308 g/mol. The van der Waals surface area contributed by atoms with Crippen molar-refractivity contribution < 1.29 is 4.74 Å². The Morgan fingerprint density at radius 2 is 2.09 bits per heavy atom. The summed E-state index contributed by atoms with van der Waals surface area (Å²) in [7, 11) is 0. The molecule has 0 aliphatic heterocycles. The van der Waals surface area contributed by atoms with E-state index in [-0.39, 0.29) is 17.2 Å². The molecule has 1 heterocycles. The Labute approximate surface area is 135 Å². The van der Waals surface area contributed by atoms with Crippen LogP contribution in [0.3, 0.4) is 0 Å². The Balaban J connectivity index is 2.02. The van der Waals surface area contributed by atoms with Crippen LogP contribution in [0.5, 0.6) is 5.75 Å². The number of ether oxygens (including phenoxy) is 1. The van der Waals surface area contributed by atoms with Crippen molar-refractivity contribution in [1.29, 1.82) is 5.26 Å². The number of benzene rings is 1. The second-order valence-corrected chi connectivity index (χ2v) is 6.38. The molecule has 0 N–H and O–H groups in total. The van der Waals surface area contributed by atoms with Gasteiger partial charge in [-0.15, -0.1) is 0 Å². The Morgan fingerprint density at radius 1 is 1.30 bits per heavy atom. The maximum atomic E-state index is 12.5. The number of nitriles is 1. The quantitative estimate of drug-likeness (QED) is 0.845. The first kappa shape index (κ1) is 15.4. The second-order valence-electron chi connectivity index (χ2n) is 6.38. The van der Waals surface area contributed by atoms with Gasteiger partial charge in [-0.25, -0.2) is 0 Å². The van der Waals surface area contributed by atoms with Crippen LogP contribution in [0, 0.1) is 17.2 Å². The van der Waals surface area contributed by atoms with E-state index in [4.69, 9.17) is 10.00 Å². The first-order valence-corrected chi connectivity index (χ1v) is 7.99. The number of nitrogens with zero attached hydrogens (tertiary/aromatic N) is 2. The molecule has 4 heteroatoms. The number of rotatable bonds is 5. The molecule has 3 rings (SSSR count). The molecule has 1 fully saturated rings. The van der Waals surface area contributed by atoms with Gasteiger partial charge in [-0.05, 0) is 43.0 Å². The van der Waals surface area contributed by atoms with Crippen molar-refractivity contribution in [3.05, 3.63) is 52.3 Å². The zero-order chi connectivity index (χ0) is 16.4. The van der Waals surface area contributed by atoms with E-state index in [2.05, 4.69) is 13.8 Å². The molecular formula is C19H20N2O2. The average molecular weight is 308 g/mol. The number of aromatic nitrogens is 1. The van der Waals surface area contributed by atoms with Gasteiger partial charge in [0.1, 0.15) is 17.4 Å². The smallest absolute Gasteiger partial charge is 0.269 e. The lowest BCUT2D eigenvalue weighted by molar-refractivity contribution is 0.271. The fourth-order valence-electron chi connectivity index (χ4n) is 2.58. The van der Waals surface area contributed by atoms with Crippen LogP contribution in [0.25, 0.3) is 11.3 Å². The van der Waals surface area contributed by atoms with E-state index in [1.165, 1.54) is 0 Å². The minimum atomic E-state index is -0.194. The summed E-state index contributed by atoms with van der Waals surface area (Å²) in [6, 6.07) is 13.5. The van der Waals surface area contributed by atoms with Crippen LogP contribution in [0.15, 0.2) is 41.2 Å². The molecule has 1 aromatic heterocycles. The van der Waals surface area contributed by atoms with Crippen molar-refractivity contribution in [2.24, 2.45) is 5.92 Å². The van der Waals surface area contributed by atoms with Crippen LogP contribution in [-0.2, 0) is 0 Å². The van der Waals surface area contributed by atoms with Gasteiger partial charge in [-0.2, -0.15) is 5.26 Å². The van der Waals surface area contributed by atoms with Crippen LogP contribution in [0.4, 0.5) is 0 Å². The molecule has 1 aliphatic rings. The van der Waals surface area contributed by atoms with Gasteiger partial charge in [-0.1, -0.05) is 26.0 Å². The highest BCUT2D eigenvalue weighted by molar-refractivity contribution is 5.62. The van der Waals surface area contributed by atoms with Crippen LogP contribution in [0.1, 0.15) is 38.3 Å². The Morgan fingerprint density at radius 3 is 2.74 bits per heavy atom. The summed E-state index contributed by atoms with van der Waals surface area (Å²) in [4.78, 5) is 12.5. The van der Waals surface area contributed by atoms with E-state index in [1.807, 2.05) is 36.4 Å². The third kappa shape index (κ3) is 3.29. The molecule has 1 saturated carbocycles. The van der Waals surface area contributed by atoms with Gasteiger partial charge in [-0.3, -0.25) is 4.79 Å². The molecular weight excluding hydrogens is 288 g/mol. The fraction of sp³-hybridized carbons (Fsp3) is 0.368. The maximum Gasteiger partial charge on any atom is 0.269 e. The van der Waals surface area contributed by atoms with E-state index >= 15 is 0 Å². The normalized spacial score (nSPS) is 13.8. The number of hydrogen-bond acceptors (Lipinski definition) is 3. The number of hydrogen-bond donors (Lipinski definition) is 0. The van der Waals surface area contributed by atoms with E-state index in [1.54, 1.807) is 10.6 Å². The van der Waals surface area contributed by atoms with Crippen molar-refractivity contribution in [1.82, 2.24) is 4.57 Å². The Kier molecular flexibility index (Phi) is 4.20. The van der Waals surface area contributed by atoms with Gasteiger partial charge in [0.05, 0.1) is 12.3 Å². The molecule has 0 spiro atoms. The highest BCUT2D eigenvalue weighted by Crippen LogP contribution is 2.37. The van der Waals surface area contributed by atoms with Gasteiger partial charge in [0, 0.05) is 11.6 Å². The van der Waals surface area contributed by atoms with Crippen LogP contribution >= 0.6 is 0 Å². The van der Waals surface area contributed by atoms with Gasteiger partial charge >= 0.3 is 0 Å². The molecule has 118 valence electrons. The zero-order valence-corrected chi connectivity index (χ0v) is 13.5. The number of pyridine rings is 1. The van der Waals surface area contributed by atoms with Crippen molar-refractivity contribution in [3.8, 4) is 23.1 Å².